The van der Waals surface area contributed by atoms with E-state index in [1.54, 1.807) is 0 Å². The number of hydrogen-bond acceptors (Lipinski definition) is 1. The van der Waals surface area contributed by atoms with Crippen molar-refractivity contribution in [3.05, 3.63) is 25.3 Å². The molecule has 3 heteroatoms. The van der Waals surface area contributed by atoms with Gasteiger partial charge in [-0.15, -0.1) is 25.6 Å². The van der Waals surface area contributed by atoms with Gasteiger partial charge in [0.2, 0.25) is 0 Å². The SMILES string of the molecule is C=CCC(CC=C)NC.Cl.O. The van der Waals surface area contributed by atoms with E-state index in [4.69, 9.17) is 0 Å². The van der Waals surface area contributed by atoms with Crippen LogP contribution in [0.15, 0.2) is 25.3 Å². The molecule has 0 bridgehead atoms. The minimum atomic E-state index is 0. The number of hydrogen-bond donors (Lipinski definition) is 1. The molecule has 3 N–H and O–H groups in total. The molecule has 0 aliphatic carbocycles. The normalized spacial score (nSPS) is 7.82. The second kappa shape index (κ2) is 12.4. The Morgan fingerprint density at radius 1 is 1.27 bits per heavy atom. The average Bonchev–Trinajstić information content (AvgIpc) is 1.88. The molecular weight excluding hydrogens is 162 g/mol. The Morgan fingerprint density at radius 3 is 1.82 bits per heavy atom. The summed E-state index contributed by atoms with van der Waals surface area (Å²) in [5, 5.41) is 3.16. The smallest absolute Gasteiger partial charge is 0.0133 e. The van der Waals surface area contributed by atoms with E-state index in [1.807, 2.05) is 19.2 Å². The quantitative estimate of drug-likeness (QED) is 0.636. The summed E-state index contributed by atoms with van der Waals surface area (Å²) in [5.41, 5.74) is 0. The lowest BCUT2D eigenvalue weighted by molar-refractivity contribution is 0.577. The standard InChI is InChI=1S/C8H15N.ClH.H2O/c1-4-6-8(9-3)7-5-2;;/h4-5,8-9H,1-2,6-7H2,3H3;1H;1H2. The summed E-state index contributed by atoms with van der Waals surface area (Å²) in [6, 6.07) is 0.528. The van der Waals surface area contributed by atoms with Crippen LogP contribution in [0.2, 0.25) is 0 Å². The molecule has 0 aromatic heterocycles. The van der Waals surface area contributed by atoms with Crippen molar-refractivity contribution >= 4 is 12.4 Å². The van der Waals surface area contributed by atoms with Gasteiger partial charge in [0.05, 0.1) is 0 Å². The topological polar surface area (TPSA) is 43.5 Å². The van der Waals surface area contributed by atoms with Gasteiger partial charge in [-0.2, -0.15) is 0 Å². The summed E-state index contributed by atoms with van der Waals surface area (Å²) in [5.74, 6) is 0. The molecule has 0 rings (SSSR count). The van der Waals surface area contributed by atoms with E-state index < -0.39 is 0 Å². The van der Waals surface area contributed by atoms with Crippen LogP contribution in [0, 0.1) is 0 Å². The number of rotatable bonds is 5. The van der Waals surface area contributed by atoms with Crippen molar-refractivity contribution in [3.8, 4) is 0 Å². The van der Waals surface area contributed by atoms with Gasteiger partial charge < -0.3 is 10.8 Å². The van der Waals surface area contributed by atoms with Crippen LogP contribution in [0.1, 0.15) is 12.8 Å². The first-order chi connectivity index (χ1) is 4.35. The third kappa shape index (κ3) is 9.69. The van der Waals surface area contributed by atoms with Crippen LogP contribution >= 0.6 is 12.4 Å². The first-order valence-corrected chi connectivity index (χ1v) is 3.24. The van der Waals surface area contributed by atoms with E-state index in [0.717, 1.165) is 12.8 Å². The first kappa shape index (κ1) is 17.0. The van der Waals surface area contributed by atoms with Crippen molar-refractivity contribution in [2.75, 3.05) is 7.05 Å². The van der Waals surface area contributed by atoms with Crippen molar-refractivity contribution in [2.45, 2.75) is 18.9 Å². The largest absolute Gasteiger partial charge is 0.412 e. The highest BCUT2D eigenvalue weighted by Crippen LogP contribution is 1.97. The average molecular weight is 180 g/mol. The molecule has 0 atom stereocenters. The molecule has 0 saturated carbocycles. The zero-order valence-corrected chi connectivity index (χ0v) is 7.79. The van der Waals surface area contributed by atoms with E-state index in [2.05, 4.69) is 18.5 Å². The molecule has 0 spiro atoms. The van der Waals surface area contributed by atoms with E-state index >= 15 is 0 Å². The second-order valence-electron chi connectivity index (χ2n) is 2.03. The van der Waals surface area contributed by atoms with Gasteiger partial charge in [0.15, 0.2) is 0 Å². The monoisotopic (exact) mass is 179 g/mol. The van der Waals surface area contributed by atoms with Gasteiger partial charge in [0.1, 0.15) is 0 Å². The highest BCUT2D eigenvalue weighted by atomic mass is 35.5. The first-order valence-electron chi connectivity index (χ1n) is 3.24. The molecule has 0 saturated heterocycles. The summed E-state index contributed by atoms with van der Waals surface area (Å²) < 4.78 is 0. The highest BCUT2D eigenvalue weighted by molar-refractivity contribution is 5.85. The molecule has 68 valence electrons. The molecule has 0 aliphatic heterocycles. The maximum atomic E-state index is 3.66. The van der Waals surface area contributed by atoms with Gasteiger partial charge in [-0.3, -0.25) is 0 Å². The van der Waals surface area contributed by atoms with Gasteiger partial charge in [-0.05, 0) is 19.9 Å². The summed E-state index contributed by atoms with van der Waals surface area (Å²) in [4.78, 5) is 0. The molecule has 11 heavy (non-hydrogen) atoms. The molecule has 0 heterocycles. The molecular formula is C8H18ClNO. The maximum Gasteiger partial charge on any atom is 0.0133 e. The fraction of sp³-hybridized carbons (Fsp3) is 0.500. The van der Waals surface area contributed by atoms with E-state index in [-0.39, 0.29) is 17.9 Å². The number of halogens is 1. The molecule has 0 aromatic carbocycles. The Balaban J connectivity index is -0.000000320. The van der Waals surface area contributed by atoms with Gasteiger partial charge in [0.25, 0.3) is 0 Å². The Hall–Kier alpha value is -0.310. The minimum Gasteiger partial charge on any atom is -0.412 e. The third-order valence-corrected chi connectivity index (χ3v) is 1.31. The molecule has 0 unspecified atom stereocenters. The summed E-state index contributed by atoms with van der Waals surface area (Å²) in [6.45, 7) is 7.31. The Bertz CT molecular complexity index is 86.1. The Kier molecular flexibility index (Phi) is 19.1. The molecule has 0 amide bonds. The third-order valence-electron chi connectivity index (χ3n) is 1.31. The molecule has 0 radical (unpaired) electrons. The highest BCUT2D eigenvalue weighted by Gasteiger charge is 1.97. The fourth-order valence-electron chi connectivity index (χ4n) is 0.734. The van der Waals surface area contributed by atoms with Gasteiger partial charge >= 0.3 is 0 Å². The van der Waals surface area contributed by atoms with Crippen LogP contribution in [0.4, 0.5) is 0 Å². The molecule has 0 fully saturated rings. The van der Waals surface area contributed by atoms with Crippen LogP contribution in [0.25, 0.3) is 0 Å². The summed E-state index contributed by atoms with van der Waals surface area (Å²) >= 11 is 0. The predicted molar refractivity (Wildman–Crippen MR) is 53.3 cm³/mol. The Labute approximate surface area is 75.1 Å². The molecule has 0 aromatic rings. The van der Waals surface area contributed by atoms with Crippen molar-refractivity contribution in [1.29, 1.82) is 0 Å². The van der Waals surface area contributed by atoms with Crippen LogP contribution in [-0.2, 0) is 0 Å². The summed E-state index contributed by atoms with van der Waals surface area (Å²) in [6.07, 6.45) is 5.88. The molecule has 2 nitrogen and oxygen atoms in total. The van der Waals surface area contributed by atoms with Crippen molar-refractivity contribution in [1.82, 2.24) is 5.32 Å². The van der Waals surface area contributed by atoms with Crippen molar-refractivity contribution < 1.29 is 5.48 Å². The van der Waals surface area contributed by atoms with Crippen molar-refractivity contribution in [3.63, 3.8) is 0 Å². The predicted octanol–water partition coefficient (Wildman–Crippen LogP) is 1.32. The van der Waals surface area contributed by atoms with E-state index in [0.29, 0.717) is 6.04 Å². The maximum absolute atomic E-state index is 3.66. The van der Waals surface area contributed by atoms with Gasteiger partial charge in [0, 0.05) is 6.04 Å². The number of nitrogens with one attached hydrogen (secondary N) is 1. The molecule has 0 aliphatic rings. The Morgan fingerprint density at radius 2 is 1.64 bits per heavy atom. The zero-order valence-electron chi connectivity index (χ0n) is 6.97. The van der Waals surface area contributed by atoms with Crippen molar-refractivity contribution in [2.24, 2.45) is 0 Å². The van der Waals surface area contributed by atoms with Crippen LogP contribution < -0.4 is 5.32 Å². The van der Waals surface area contributed by atoms with Crippen LogP contribution in [-0.4, -0.2) is 18.6 Å². The fourth-order valence-corrected chi connectivity index (χ4v) is 0.734. The van der Waals surface area contributed by atoms with Gasteiger partial charge in [-0.25, -0.2) is 0 Å². The van der Waals surface area contributed by atoms with E-state index in [9.17, 15) is 0 Å². The van der Waals surface area contributed by atoms with Gasteiger partial charge in [-0.1, -0.05) is 12.2 Å². The zero-order chi connectivity index (χ0) is 7.11. The lowest BCUT2D eigenvalue weighted by Gasteiger charge is -2.09. The van der Waals surface area contributed by atoms with E-state index in [1.165, 1.54) is 0 Å². The minimum absolute atomic E-state index is 0. The summed E-state index contributed by atoms with van der Waals surface area (Å²) in [7, 11) is 1.96. The second-order valence-corrected chi connectivity index (χ2v) is 2.03. The lowest BCUT2D eigenvalue weighted by atomic mass is 10.1. The lowest BCUT2D eigenvalue weighted by Crippen LogP contribution is -2.23. The van der Waals surface area contributed by atoms with Crippen LogP contribution in [0.5, 0.6) is 0 Å². The van der Waals surface area contributed by atoms with Crippen LogP contribution in [0.3, 0.4) is 0 Å².